The molecule has 9 heteroatoms. The Balaban J connectivity index is 1.88. The van der Waals surface area contributed by atoms with Crippen molar-refractivity contribution in [2.24, 2.45) is 10.4 Å². The standard InChI is InChI=1S/C18H36N4O3S2/c1-2-19-17(21-16-18(8-12-23)6-4-3-5-7-18)20-9-15-27(24,25)22-10-13-26-14-11-22/h23H,2-16H2,1H3,(H2,19,20,21). The van der Waals surface area contributed by atoms with E-state index in [1.165, 1.54) is 19.3 Å². The van der Waals surface area contributed by atoms with Crippen LogP contribution in [-0.2, 0) is 10.0 Å². The maximum Gasteiger partial charge on any atom is 0.215 e. The quantitative estimate of drug-likeness (QED) is 0.384. The highest BCUT2D eigenvalue weighted by atomic mass is 32.2. The number of hydrogen-bond donors (Lipinski definition) is 3. The number of sulfonamides is 1. The van der Waals surface area contributed by atoms with Crippen LogP contribution < -0.4 is 10.6 Å². The van der Waals surface area contributed by atoms with Crippen molar-refractivity contribution in [3.8, 4) is 0 Å². The van der Waals surface area contributed by atoms with Gasteiger partial charge < -0.3 is 15.7 Å². The number of aliphatic imine (C=N–C) groups is 1. The van der Waals surface area contributed by atoms with Gasteiger partial charge in [0.1, 0.15) is 0 Å². The van der Waals surface area contributed by atoms with Gasteiger partial charge in [-0.3, -0.25) is 4.99 Å². The first kappa shape index (κ1) is 22.8. The van der Waals surface area contributed by atoms with E-state index in [-0.39, 0.29) is 17.8 Å². The van der Waals surface area contributed by atoms with E-state index in [1.54, 1.807) is 16.1 Å². The maximum atomic E-state index is 12.5. The van der Waals surface area contributed by atoms with Crippen molar-refractivity contribution in [3.05, 3.63) is 0 Å². The van der Waals surface area contributed by atoms with E-state index >= 15 is 0 Å². The minimum absolute atomic E-state index is 0.0872. The van der Waals surface area contributed by atoms with Gasteiger partial charge in [0.05, 0.1) is 5.75 Å². The van der Waals surface area contributed by atoms with E-state index in [0.717, 1.165) is 37.3 Å². The van der Waals surface area contributed by atoms with Crippen molar-refractivity contribution in [2.45, 2.75) is 45.4 Å². The van der Waals surface area contributed by atoms with Crippen molar-refractivity contribution in [1.29, 1.82) is 0 Å². The third-order valence-corrected chi connectivity index (χ3v) is 8.30. The average molecular weight is 421 g/mol. The van der Waals surface area contributed by atoms with Crippen LogP contribution >= 0.6 is 11.8 Å². The summed E-state index contributed by atoms with van der Waals surface area (Å²) in [6.45, 7) is 5.20. The predicted octanol–water partition coefficient (Wildman–Crippen LogP) is 1.25. The van der Waals surface area contributed by atoms with Crippen LogP contribution in [0.4, 0.5) is 0 Å². The molecule has 2 fully saturated rings. The van der Waals surface area contributed by atoms with Gasteiger partial charge in [-0.15, -0.1) is 0 Å². The van der Waals surface area contributed by atoms with Crippen molar-refractivity contribution >= 4 is 27.7 Å². The molecule has 2 rings (SSSR count). The second-order valence-corrected chi connectivity index (χ2v) is 10.8. The Morgan fingerprint density at radius 3 is 2.52 bits per heavy atom. The van der Waals surface area contributed by atoms with Gasteiger partial charge in [0.25, 0.3) is 0 Å². The fraction of sp³-hybridized carbons (Fsp3) is 0.944. The number of hydrogen-bond acceptors (Lipinski definition) is 5. The summed E-state index contributed by atoms with van der Waals surface area (Å²) in [6, 6.07) is 0. The molecule has 1 saturated carbocycles. The number of nitrogens with zero attached hydrogens (tertiary/aromatic N) is 2. The normalized spacial score (nSPS) is 21.8. The van der Waals surface area contributed by atoms with Crippen LogP contribution in [0.25, 0.3) is 0 Å². The zero-order chi connectivity index (χ0) is 19.6. The molecule has 0 spiro atoms. The minimum Gasteiger partial charge on any atom is -0.396 e. The van der Waals surface area contributed by atoms with E-state index in [1.807, 2.05) is 6.92 Å². The van der Waals surface area contributed by atoms with Crippen LogP contribution in [0.2, 0.25) is 0 Å². The van der Waals surface area contributed by atoms with Crippen molar-refractivity contribution in [1.82, 2.24) is 14.9 Å². The number of aliphatic hydroxyl groups excluding tert-OH is 1. The van der Waals surface area contributed by atoms with Gasteiger partial charge in [-0.25, -0.2) is 12.7 Å². The van der Waals surface area contributed by atoms with Crippen molar-refractivity contribution in [2.75, 3.05) is 56.6 Å². The van der Waals surface area contributed by atoms with E-state index in [0.29, 0.717) is 32.1 Å². The van der Waals surface area contributed by atoms with Crippen LogP contribution in [0.3, 0.4) is 0 Å². The zero-order valence-electron chi connectivity index (χ0n) is 16.6. The monoisotopic (exact) mass is 420 g/mol. The number of guanidine groups is 1. The molecule has 1 heterocycles. The van der Waals surface area contributed by atoms with Gasteiger partial charge in [-0.2, -0.15) is 11.8 Å². The molecule has 158 valence electrons. The Morgan fingerprint density at radius 1 is 1.19 bits per heavy atom. The molecule has 0 amide bonds. The maximum absolute atomic E-state index is 12.5. The highest BCUT2D eigenvalue weighted by Crippen LogP contribution is 2.39. The second kappa shape index (κ2) is 11.5. The highest BCUT2D eigenvalue weighted by Gasteiger charge is 2.31. The lowest BCUT2D eigenvalue weighted by molar-refractivity contribution is 0.137. The topological polar surface area (TPSA) is 94.0 Å². The number of rotatable bonds is 9. The molecule has 0 unspecified atom stereocenters. The summed E-state index contributed by atoms with van der Waals surface area (Å²) in [6.07, 6.45) is 6.67. The SMILES string of the molecule is CCNC(=NCC1(CCO)CCCCC1)NCCS(=O)(=O)N1CCSCC1. The van der Waals surface area contributed by atoms with Gasteiger partial charge in [-0.05, 0) is 31.6 Å². The van der Waals surface area contributed by atoms with E-state index in [4.69, 9.17) is 4.99 Å². The predicted molar refractivity (Wildman–Crippen MR) is 114 cm³/mol. The van der Waals surface area contributed by atoms with E-state index in [2.05, 4.69) is 10.6 Å². The van der Waals surface area contributed by atoms with Crippen LogP contribution in [0.1, 0.15) is 45.4 Å². The lowest BCUT2D eigenvalue weighted by Crippen LogP contribution is -2.44. The first-order chi connectivity index (χ1) is 13.0. The summed E-state index contributed by atoms with van der Waals surface area (Å²) >= 11 is 1.81. The van der Waals surface area contributed by atoms with Gasteiger partial charge in [0.2, 0.25) is 10.0 Å². The molecule has 0 aromatic heterocycles. The number of thioether (sulfide) groups is 1. The molecule has 1 aliphatic carbocycles. The third kappa shape index (κ3) is 7.44. The first-order valence-electron chi connectivity index (χ1n) is 10.2. The summed E-state index contributed by atoms with van der Waals surface area (Å²) in [5.74, 6) is 2.52. The summed E-state index contributed by atoms with van der Waals surface area (Å²) in [4.78, 5) is 4.73. The Labute approximate surface area is 168 Å². The lowest BCUT2D eigenvalue weighted by atomic mass is 9.72. The number of nitrogens with one attached hydrogen (secondary N) is 2. The Hall–Kier alpha value is -0.510. The number of aliphatic hydroxyl groups is 1. The first-order valence-corrected chi connectivity index (χ1v) is 13.0. The van der Waals surface area contributed by atoms with Crippen LogP contribution in [0.15, 0.2) is 4.99 Å². The van der Waals surface area contributed by atoms with E-state index in [9.17, 15) is 13.5 Å². The third-order valence-electron chi connectivity index (χ3n) is 5.49. The van der Waals surface area contributed by atoms with E-state index < -0.39 is 10.0 Å². The molecule has 0 aromatic carbocycles. The molecule has 7 nitrogen and oxygen atoms in total. The van der Waals surface area contributed by atoms with Crippen molar-refractivity contribution < 1.29 is 13.5 Å². The smallest absolute Gasteiger partial charge is 0.215 e. The molecular formula is C18H36N4O3S2. The molecule has 1 aliphatic heterocycles. The molecule has 1 saturated heterocycles. The fourth-order valence-electron chi connectivity index (χ4n) is 3.87. The van der Waals surface area contributed by atoms with Gasteiger partial charge >= 0.3 is 0 Å². The molecule has 0 atom stereocenters. The summed E-state index contributed by atoms with van der Waals surface area (Å²) < 4.78 is 26.5. The molecule has 0 bridgehead atoms. The summed E-state index contributed by atoms with van der Waals surface area (Å²) in [5.41, 5.74) is 0.0902. The molecule has 27 heavy (non-hydrogen) atoms. The van der Waals surface area contributed by atoms with Crippen molar-refractivity contribution in [3.63, 3.8) is 0 Å². The van der Waals surface area contributed by atoms with Crippen LogP contribution in [0.5, 0.6) is 0 Å². The zero-order valence-corrected chi connectivity index (χ0v) is 18.2. The molecule has 0 radical (unpaired) electrons. The molecular weight excluding hydrogens is 384 g/mol. The summed E-state index contributed by atoms with van der Waals surface area (Å²) in [5, 5.41) is 15.8. The molecule has 2 aliphatic rings. The molecule has 0 aromatic rings. The van der Waals surface area contributed by atoms with Crippen LogP contribution in [-0.4, -0.2) is 80.4 Å². The van der Waals surface area contributed by atoms with Gasteiger partial charge in [-0.1, -0.05) is 19.3 Å². The van der Waals surface area contributed by atoms with Gasteiger partial charge in [0, 0.05) is 50.8 Å². The minimum atomic E-state index is -3.21. The van der Waals surface area contributed by atoms with Gasteiger partial charge in [0.15, 0.2) is 5.96 Å². The van der Waals surface area contributed by atoms with Crippen LogP contribution in [0, 0.1) is 5.41 Å². The summed E-state index contributed by atoms with van der Waals surface area (Å²) in [7, 11) is -3.21. The second-order valence-electron chi connectivity index (χ2n) is 7.48. The lowest BCUT2D eigenvalue weighted by Gasteiger charge is -2.35. The fourth-order valence-corrected chi connectivity index (χ4v) is 6.36. The largest absolute Gasteiger partial charge is 0.396 e. The average Bonchev–Trinajstić information content (AvgIpc) is 2.68. The molecule has 3 N–H and O–H groups in total. The highest BCUT2D eigenvalue weighted by molar-refractivity contribution is 7.99. The Bertz CT molecular complexity index is 551. The Morgan fingerprint density at radius 2 is 1.89 bits per heavy atom. The Kier molecular flexibility index (Phi) is 9.69.